The lowest BCUT2D eigenvalue weighted by Crippen LogP contribution is -2.46. The SMILES string of the molecule is CC1CC(C)CC(NC(=O)N2CCC(CC(=O)O)C2)C1. The third-order valence-electron chi connectivity index (χ3n) is 4.54. The average Bonchev–Trinajstić information content (AvgIpc) is 2.75. The number of likely N-dealkylation sites (tertiary alicyclic amines) is 1. The summed E-state index contributed by atoms with van der Waals surface area (Å²) in [6, 6.07) is 0.268. The molecule has 0 radical (unpaired) electrons. The maximum Gasteiger partial charge on any atom is 0.317 e. The molecule has 114 valence electrons. The van der Waals surface area contributed by atoms with Gasteiger partial charge in [-0.05, 0) is 43.4 Å². The van der Waals surface area contributed by atoms with Crippen LogP contribution in [0.2, 0.25) is 0 Å². The number of amides is 2. The summed E-state index contributed by atoms with van der Waals surface area (Å²) in [5.41, 5.74) is 0. The number of rotatable bonds is 3. The number of carboxylic acids is 1. The van der Waals surface area contributed by atoms with Crippen molar-refractivity contribution < 1.29 is 14.7 Å². The van der Waals surface area contributed by atoms with Gasteiger partial charge < -0.3 is 15.3 Å². The summed E-state index contributed by atoms with van der Waals surface area (Å²) in [6.45, 7) is 5.75. The molecule has 1 saturated carbocycles. The van der Waals surface area contributed by atoms with Crippen LogP contribution in [0.5, 0.6) is 0 Å². The maximum atomic E-state index is 12.2. The Hall–Kier alpha value is -1.26. The van der Waals surface area contributed by atoms with Gasteiger partial charge in [-0.2, -0.15) is 0 Å². The molecule has 0 aromatic heterocycles. The predicted octanol–water partition coefficient (Wildman–Crippen LogP) is 2.32. The van der Waals surface area contributed by atoms with Crippen LogP contribution in [-0.4, -0.2) is 41.1 Å². The highest BCUT2D eigenvalue weighted by Gasteiger charge is 2.30. The topological polar surface area (TPSA) is 69.6 Å². The van der Waals surface area contributed by atoms with Crippen molar-refractivity contribution >= 4 is 12.0 Å². The molecule has 2 N–H and O–H groups in total. The van der Waals surface area contributed by atoms with Gasteiger partial charge in [0.2, 0.25) is 0 Å². The molecule has 1 aliphatic carbocycles. The van der Waals surface area contributed by atoms with Crippen molar-refractivity contribution in [2.24, 2.45) is 17.8 Å². The smallest absolute Gasteiger partial charge is 0.317 e. The van der Waals surface area contributed by atoms with Gasteiger partial charge in [0.1, 0.15) is 0 Å². The Morgan fingerprint density at radius 3 is 2.45 bits per heavy atom. The molecular weight excluding hydrogens is 256 g/mol. The number of carboxylic acid groups (broad SMARTS) is 1. The molecule has 1 aliphatic heterocycles. The first-order valence-corrected chi connectivity index (χ1v) is 7.71. The van der Waals surface area contributed by atoms with Crippen molar-refractivity contribution in [2.45, 2.75) is 52.0 Å². The number of urea groups is 1. The van der Waals surface area contributed by atoms with E-state index in [0.717, 1.165) is 19.3 Å². The molecule has 2 amide bonds. The van der Waals surface area contributed by atoms with E-state index < -0.39 is 5.97 Å². The normalized spacial score (nSPS) is 34.0. The number of hydrogen-bond donors (Lipinski definition) is 2. The molecule has 0 aromatic rings. The van der Waals surface area contributed by atoms with E-state index in [0.29, 0.717) is 24.9 Å². The van der Waals surface area contributed by atoms with Crippen LogP contribution in [0.3, 0.4) is 0 Å². The molecule has 2 rings (SSSR count). The second-order valence-corrected chi connectivity index (χ2v) is 6.76. The highest BCUT2D eigenvalue weighted by molar-refractivity contribution is 5.75. The first kappa shape index (κ1) is 15.1. The molecule has 5 nitrogen and oxygen atoms in total. The molecule has 0 aromatic carbocycles. The van der Waals surface area contributed by atoms with E-state index in [2.05, 4.69) is 19.2 Å². The average molecular weight is 282 g/mol. The Balaban J connectivity index is 1.79. The fourth-order valence-electron chi connectivity index (χ4n) is 3.76. The molecule has 5 heteroatoms. The second kappa shape index (κ2) is 6.46. The molecule has 0 spiro atoms. The van der Waals surface area contributed by atoms with Crippen LogP contribution in [0, 0.1) is 17.8 Å². The first-order valence-electron chi connectivity index (χ1n) is 7.71. The monoisotopic (exact) mass is 282 g/mol. The van der Waals surface area contributed by atoms with E-state index in [9.17, 15) is 9.59 Å². The summed E-state index contributed by atoms with van der Waals surface area (Å²) in [4.78, 5) is 24.7. The molecule has 20 heavy (non-hydrogen) atoms. The molecule has 3 atom stereocenters. The van der Waals surface area contributed by atoms with Crippen molar-refractivity contribution in [2.75, 3.05) is 13.1 Å². The minimum atomic E-state index is -0.771. The predicted molar refractivity (Wildman–Crippen MR) is 76.4 cm³/mol. The Labute approximate surface area is 120 Å². The van der Waals surface area contributed by atoms with E-state index in [1.165, 1.54) is 6.42 Å². The van der Waals surface area contributed by atoms with Crippen molar-refractivity contribution in [3.8, 4) is 0 Å². The number of nitrogens with zero attached hydrogens (tertiary/aromatic N) is 1. The fraction of sp³-hybridized carbons (Fsp3) is 0.867. The van der Waals surface area contributed by atoms with Crippen LogP contribution >= 0.6 is 0 Å². The van der Waals surface area contributed by atoms with Crippen molar-refractivity contribution in [1.82, 2.24) is 10.2 Å². The van der Waals surface area contributed by atoms with Crippen molar-refractivity contribution in [3.05, 3.63) is 0 Å². The molecule has 1 heterocycles. The van der Waals surface area contributed by atoms with Crippen LogP contribution in [0.25, 0.3) is 0 Å². The van der Waals surface area contributed by atoms with E-state index in [4.69, 9.17) is 5.11 Å². The maximum absolute atomic E-state index is 12.2. The van der Waals surface area contributed by atoms with E-state index in [-0.39, 0.29) is 24.4 Å². The summed E-state index contributed by atoms with van der Waals surface area (Å²) in [5, 5.41) is 11.9. The molecule has 1 saturated heterocycles. The minimum absolute atomic E-state index is 0.0100. The van der Waals surface area contributed by atoms with Gasteiger partial charge in [0, 0.05) is 25.6 Å². The van der Waals surface area contributed by atoms with Crippen LogP contribution in [-0.2, 0) is 4.79 Å². The number of nitrogens with one attached hydrogen (secondary N) is 1. The van der Waals surface area contributed by atoms with Crippen LogP contribution in [0.1, 0.15) is 46.0 Å². The zero-order valence-corrected chi connectivity index (χ0v) is 12.5. The van der Waals surface area contributed by atoms with Crippen LogP contribution < -0.4 is 5.32 Å². The van der Waals surface area contributed by atoms with Gasteiger partial charge in [0.05, 0.1) is 0 Å². The minimum Gasteiger partial charge on any atom is -0.481 e. The number of carbonyl (C=O) groups is 2. The number of hydrogen-bond acceptors (Lipinski definition) is 2. The Bertz CT molecular complexity index is 362. The van der Waals surface area contributed by atoms with Gasteiger partial charge in [-0.15, -0.1) is 0 Å². The quantitative estimate of drug-likeness (QED) is 0.834. The van der Waals surface area contributed by atoms with Crippen LogP contribution in [0.4, 0.5) is 4.79 Å². The number of aliphatic carboxylic acids is 1. The molecule has 0 bridgehead atoms. The van der Waals surface area contributed by atoms with E-state index in [1.54, 1.807) is 4.90 Å². The summed E-state index contributed by atoms with van der Waals surface area (Å²) in [7, 11) is 0. The summed E-state index contributed by atoms with van der Waals surface area (Å²) in [6.07, 6.45) is 4.33. The Kier molecular flexibility index (Phi) is 4.89. The molecule has 2 fully saturated rings. The third-order valence-corrected chi connectivity index (χ3v) is 4.54. The standard InChI is InChI=1S/C15H26N2O3/c1-10-5-11(2)7-13(6-10)16-15(20)17-4-3-12(9-17)8-14(18)19/h10-13H,3-9H2,1-2H3,(H,16,20)(H,18,19). The summed E-state index contributed by atoms with van der Waals surface area (Å²) in [5.74, 6) is 0.680. The van der Waals surface area contributed by atoms with Gasteiger partial charge in [0.25, 0.3) is 0 Å². The first-order chi connectivity index (χ1) is 9.44. The second-order valence-electron chi connectivity index (χ2n) is 6.76. The Morgan fingerprint density at radius 1 is 1.20 bits per heavy atom. The van der Waals surface area contributed by atoms with Gasteiger partial charge in [-0.25, -0.2) is 4.79 Å². The highest BCUT2D eigenvalue weighted by atomic mass is 16.4. The largest absolute Gasteiger partial charge is 0.481 e. The lowest BCUT2D eigenvalue weighted by atomic mass is 9.80. The van der Waals surface area contributed by atoms with Gasteiger partial charge in [-0.3, -0.25) is 4.79 Å². The lowest BCUT2D eigenvalue weighted by molar-refractivity contribution is -0.138. The van der Waals surface area contributed by atoms with Crippen LogP contribution in [0.15, 0.2) is 0 Å². The molecular formula is C15H26N2O3. The fourth-order valence-corrected chi connectivity index (χ4v) is 3.76. The summed E-state index contributed by atoms with van der Waals surface area (Å²) < 4.78 is 0. The zero-order chi connectivity index (χ0) is 14.7. The number of carbonyl (C=O) groups excluding carboxylic acids is 1. The van der Waals surface area contributed by atoms with Crippen molar-refractivity contribution in [3.63, 3.8) is 0 Å². The zero-order valence-electron chi connectivity index (χ0n) is 12.5. The Morgan fingerprint density at radius 2 is 1.85 bits per heavy atom. The highest BCUT2D eigenvalue weighted by Crippen LogP contribution is 2.29. The molecule has 3 unspecified atom stereocenters. The van der Waals surface area contributed by atoms with Gasteiger partial charge in [-0.1, -0.05) is 13.8 Å². The van der Waals surface area contributed by atoms with E-state index >= 15 is 0 Å². The summed E-state index contributed by atoms with van der Waals surface area (Å²) >= 11 is 0. The molecule has 2 aliphatic rings. The van der Waals surface area contributed by atoms with E-state index in [1.807, 2.05) is 0 Å². The lowest BCUT2D eigenvalue weighted by Gasteiger charge is -2.33. The van der Waals surface area contributed by atoms with Gasteiger partial charge in [0.15, 0.2) is 0 Å². The van der Waals surface area contributed by atoms with Crippen molar-refractivity contribution in [1.29, 1.82) is 0 Å². The van der Waals surface area contributed by atoms with Gasteiger partial charge >= 0.3 is 12.0 Å². The third kappa shape index (κ3) is 4.12.